The third kappa shape index (κ3) is 4.72. The molecule has 0 unspecified atom stereocenters. The van der Waals surface area contributed by atoms with Crippen molar-refractivity contribution in [3.63, 3.8) is 0 Å². The highest BCUT2D eigenvalue weighted by atomic mass is 16.5. The molecule has 0 bridgehead atoms. The molecule has 1 aromatic heterocycles. The summed E-state index contributed by atoms with van der Waals surface area (Å²) in [5, 5.41) is 3.30. The Bertz CT molecular complexity index is 389. The maximum absolute atomic E-state index is 5.00. The van der Waals surface area contributed by atoms with E-state index in [-0.39, 0.29) is 0 Å². The maximum Gasteiger partial charge on any atom is 0.225 e. The maximum atomic E-state index is 5.00. The first kappa shape index (κ1) is 15.2. The number of ether oxygens (including phenoxy) is 1. The first-order valence-electron chi connectivity index (χ1n) is 7.48. The van der Waals surface area contributed by atoms with Crippen molar-refractivity contribution >= 4 is 5.95 Å². The number of rotatable bonds is 9. The second kappa shape index (κ2) is 7.55. The van der Waals surface area contributed by atoms with E-state index in [1.54, 1.807) is 7.11 Å². The van der Waals surface area contributed by atoms with E-state index in [9.17, 15) is 0 Å². The molecule has 0 radical (unpaired) electrons. The Hall–Kier alpha value is -1.20. The average molecular weight is 278 g/mol. The van der Waals surface area contributed by atoms with E-state index in [0.717, 1.165) is 37.8 Å². The predicted octanol–water partition coefficient (Wildman–Crippen LogP) is 1.84. The van der Waals surface area contributed by atoms with Crippen LogP contribution >= 0.6 is 0 Å². The number of aromatic nitrogens is 2. The molecule has 5 nitrogen and oxygen atoms in total. The van der Waals surface area contributed by atoms with Crippen molar-refractivity contribution in [3.8, 4) is 0 Å². The summed E-state index contributed by atoms with van der Waals surface area (Å²) in [5.41, 5.74) is 1.12. The molecule has 112 valence electrons. The minimum Gasteiger partial charge on any atom is -0.383 e. The molecule has 1 heterocycles. The molecule has 1 aliphatic rings. The summed E-state index contributed by atoms with van der Waals surface area (Å²) in [5.74, 6) is 1.51. The molecule has 20 heavy (non-hydrogen) atoms. The number of hydrogen-bond acceptors (Lipinski definition) is 5. The number of nitrogens with zero attached hydrogens (tertiary/aromatic N) is 3. The van der Waals surface area contributed by atoms with Gasteiger partial charge in [0, 0.05) is 50.7 Å². The van der Waals surface area contributed by atoms with Gasteiger partial charge < -0.3 is 15.0 Å². The summed E-state index contributed by atoms with van der Waals surface area (Å²) in [7, 11) is 1.71. The average Bonchev–Trinajstić information content (AvgIpc) is 3.26. The smallest absolute Gasteiger partial charge is 0.225 e. The molecule has 0 aromatic carbocycles. The van der Waals surface area contributed by atoms with Crippen LogP contribution in [0, 0.1) is 5.92 Å². The summed E-state index contributed by atoms with van der Waals surface area (Å²) in [6.07, 6.45) is 6.41. The van der Waals surface area contributed by atoms with Crippen molar-refractivity contribution in [1.82, 2.24) is 15.3 Å². The molecule has 1 N–H and O–H groups in total. The van der Waals surface area contributed by atoms with Crippen LogP contribution in [0.4, 0.5) is 5.95 Å². The van der Waals surface area contributed by atoms with Crippen molar-refractivity contribution in [2.75, 3.05) is 31.7 Å². The number of hydrogen-bond donors (Lipinski definition) is 1. The van der Waals surface area contributed by atoms with E-state index in [4.69, 9.17) is 4.74 Å². The van der Waals surface area contributed by atoms with E-state index < -0.39 is 0 Å². The van der Waals surface area contributed by atoms with Gasteiger partial charge in [0.05, 0.1) is 6.61 Å². The highest BCUT2D eigenvalue weighted by molar-refractivity contribution is 5.34. The van der Waals surface area contributed by atoms with Gasteiger partial charge in [0.2, 0.25) is 5.95 Å². The van der Waals surface area contributed by atoms with E-state index in [0.29, 0.717) is 12.0 Å². The van der Waals surface area contributed by atoms with E-state index in [1.807, 2.05) is 12.4 Å². The van der Waals surface area contributed by atoms with Crippen LogP contribution in [-0.2, 0) is 11.3 Å². The van der Waals surface area contributed by atoms with Gasteiger partial charge in [0.1, 0.15) is 0 Å². The number of nitrogens with one attached hydrogen (secondary N) is 1. The topological polar surface area (TPSA) is 50.3 Å². The highest BCUT2D eigenvalue weighted by Gasteiger charge is 2.30. The van der Waals surface area contributed by atoms with Gasteiger partial charge >= 0.3 is 0 Å². The molecule has 1 aliphatic carbocycles. The molecular formula is C15H26N4O. The largest absolute Gasteiger partial charge is 0.383 e. The Kier molecular flexibility index (Phi) is 5.73. The van der Waals surface area contributed by atoms with Crippen LogP contribution in [0.3, 0.4) is 0 Å². The van der Waals surface area contributed by atoms with Gasteiger partial charge in [-0.15, -0.1) is 0 Å². The highest BCUT2D eigenvalue weighted by Crippen LogP contribution is 2.30. The van der Waals surface area contributed by atoms with Gasteiger partial charge in [-0.3, -0.25) is 0 Å². The summed E-state index contributed by atoms with van der Waals surface area (Å²) in [6.45, 7) is 7.88. The molecule has 1 saturated carbocycles. The summed E-state index contributed by atoms with van der Waals surface area (Å²) >= 11 is 0. The lowest BCUT2D eigenvalue weighted by molar-refractivity contribution is 0.199. The Balaban J connectivity index is 1.88. The second-order valence-electron chi connectivity index (χ2n) is 5.84. The standard InChI is InChI=1S/C15H26N4O/c1-12(2)11-19(14-4-5-14)15-17-9-13(10-18-15)8-16-6-7-20-3/h9-10,12,14,16H,4-8,11H2,1-3H3. The molecule has 2 rings (SSSR count). The lowest BCUT2D eigenvalue weighted by atomic mass is 10.2. The third-order valence-electron chi connectivity index (χ3n) is 3.31. The van der Waals surface area contributed by atoms with Crippen LogP contribution in [0.1, 0.15) is 32.3 Å². The zero-order valence-electron chi connectivity index (χ0n) is 12.8. The monoisotopic (exact) mass is 278 g/mol. The van der Waals surface area contributed by atoms with Gasteiger partial charge in [0.15, 0.2) is 0 Å². The van der Waals surface area contributed by atoms with E-state index in [1.165, 1.54) is 12.8 Å². The molecule has 5 heteroatoms. The lowest BCUT2D eigenvalue weighted by Crippen LogP contribution is -2.31. The Labute approximate surface area is 121 Å². The molecule has 1 fully saturated rings. The Morgan fingerprint density at radius 1 is 1.35 bits per heavy atom. The van der Waals surface area contributed by atoms with Crippen molar-refractivity contribution in [2.45, 2.75) is 39.3 Å². The zero-order valence-corrected chi connectivity index (χ0v) is 12.8. The number of anilines is 1. The molecule has 0 atom stereocenters. The van der Waals surface area contributed by atoms with Gasteiger partial charge in [-0.25, -0.2) is 9.97 Å². The minimum absolute atomic E-state index is 0.634. The molecule has 1 aromatic rings. The van der Waals surface area contributed by atoms with Crippen molar-refractivity contribution in [2.24, 2.45) is 5.92 Å². The van der Waals surface area contributed by atoms with Crippen molar-refractivity contribution < 1.29 is 4.74 Å². The first-order valence-corrected chi connectivity index (χ1v) is 7.48. The van der Waals surface area contributed by atoms with Crippen LogP contribution in [0.15, 0.2) is 12.4 Å². The summed E-state index contributed by atoms with van der Waals surface area (Å²) in [4.78, 5) is 11.4. The first-order chi connectivity index (χ1) is 9.70. The normalized spacial score (nSPS) is 14.8. The molecule has 0 saturated heterocycles. The fraction of sp³-hybridized carbons (Fsp3) is 0.733. The minimum atomic E-state index is 0.634. The number of methoxy groups -OCH3 is 1. The van der Waals surface area contributed by atoms with E-state index >= 15 is 0 Å². The summed E-state index contributed by atoms with van der Waals surface area (Å²) in [6, 6.07) is 0.656. The third-order valence-corrected chi connectivity index (χ3v) is 3.31. The summed E-state index contributed by atoms with van der Waals surface area (Å²) < 4.78 is 5.00. The van der Waals surface area contributed by atoms with Crippen LogP contribution < -0.4 is 10.2 Å². The molecular weight excluding hydrogens is 252 g/mol. The lowest BCUT2D eigenvalue weighted by Gasteiger charge is -2.24. The Morgan fingerprint density at radius 3 is 2.60 bits per heavy atom. The zero-order chi connectivity index (χ0) is 14.4. The van der Waals surface area contributed by atoms with Crippen LogP contribution in [-0.4, -0.2) is 42.8 Å². The van der Waals surface area contributed by atoms with Gasteiger partial charge in [-0.05, 0) is 18.8 Å². The Morgan fingerprint density at radius 2 is 2.05 bits per heavy atom. The van der Waals surface area contributed by atoms with Crippen LogP contribution in [0.25, 0.3) is 0 Å². The SMILES string of the molecule is COCCNCc1cnc(N(CC(C)C)C2CC2)nc1. The molecule has 0 aliphatic heterocycles. The fourth-order valence-electron chi connectivity index (χ4n) is 2.17. The van der Waals surface area contributed by atoms with Crippen molar-refractivity contribution in [1.29, 1.82) is 0 Å². The quantitative estimate of drug-likeness (QED) is 0.699. The van der Waals surface area contributed by atoms with Crippen LogP contribution in [0.2, 0.25) is 0 Å². The molecule has 0 amide bonds. The van der Waals surface area contributed by atoms with Gasteiger partial charge in [0.25, 0.3) is 0 Å². The predicted molar refractivity (Wildman–Crippen MR) is 80.8 cm³/mol. The second-order valence-corrected chi connectivity index (χ2v) is 5.84. The van der Waals surface area contributed by atoms with Gasteiger partial charge in [-0.1, -0.05) is 13.8 Å². The fourth-order valence-corrected chi connectivity index (χ4v) is 2.17. The van der Waals surface area contributed by atoms with E-state index in [2.05, 4.69) is 34.0 Å². The molecule has 0 spiro atoms. The van der Waals surface area contributed by atoms with Gasteiger partial charge in [-0.2, -0.15) is 0 Å². The van der Waals surface area contributed by atoms with Crippen molar-refractivity contribution in [3.05, 3.63) is 18.0 Å². The van der Waals surface area contributed by atoms with Crippen LogP contribution in [0.5, 0.6) is 0 Å².